The first kappa shape index (κ1) is 17.9. The van der Waals surface area contributed by atoms with Crippen molar-refractivity contribution in [2.75, 3.05) is 46.4 Å². The third kappa shape index (κ3) is 5.27. The molecule has 0 bridgehead atoms. The van der Waals surface area contributed by atoms with Gasteiger partial charge < -0.3 is 10.1 Å². The molecule has 0 saturated carbocycles. The minimum Gasteiger partial charge on any atom is -0.385 e. The molecular formula is C15H28N4O2. The van der Waals surface area contributed by atoms with E-state index in [1.165, 1.54) is 0 Å². The van der Waals surface area contributed by atoms with E-state index in [1.807, 2.05) is 20.8 Å². The van der Waals surface area contributed by atoms with E-state index in [9.17, 15) is 10.1 Å². The molecule has 1 atom stereocenters. The number of rotatable bonds is 7. The number of methoxy groups -OCH3 is 1. The van der Waals surface area contributed by atoms with Crippen LogP contribution in [0.3, 0.4) is 0 Å². The van der Waals surface area contributed by atoms with Crippen LogP contribution in [0.5, 0.6) is 0 Å². The molecule has 0 radical (unpaired) electrons. The van der Waals surface area contributed by atoms with E-state index < -0.39 is 5.54 Å². The van der Waals surface area contributed by atoms with Crippen LogP contribution in [0.25, 0.3) is 0 Å². The van der Waals surface area contributed by atoms with Crippen LogP contribution in [0, 0.1) is 11.3 Å². The highest BCUT2D eigenvalue weighted by Gasteiger charge is 2.32. The fourth-order valence-corrected chi connectivity index (χ4v) is 2.48. The third-order valence-electron chi connectivity index (χ3n) is 4.13. The molecule has 0 aliphatic carbocycles. The zero-order valence-electron chi connectivity index (χ0n) is 13.7. The van der Waals surface area contributed by atoms with Crippen LogP contribution in [-0.4, -0.2) is 73.7 Å². The summed E-state index contributed by atoms with van der Waals surface area (Å²) in [5, 5.41) is 12.1. The molecule has 6 heteroatoms. The van der Waals surface area contributed by atoms with Crippen molar-refractivity contribution < 1.29 is 9.53 Å². The zero-order valence-corrected chi connectivity index (χ0v) is 13.7. The summed E-state index contributed by atoms with van der Waals surface area (Å²) < 4.78 is 4.96. The molecule has 1 aliphatic rings. The Morgan fingerprint density at radius 1 is 1.38 bits per heavy atom. The predicted molar refractivity (Wildman–Crippen MR) is 81.8 cm³/mol. The Morgan fingerprint density at radius 3 is 2.52 bits per heavy atom. The maximum atomic E-state index is 12.1. The molecule has 0 aromatic heterocycles. The molecule has 120 valence electrons. The predicted octanol–water partition coefficient (Wildman–Crippen LogP) is 0.447. The number of nitrogens with zero attached hydrogens (tertiary/aromatic N) is 3. The Balaban J connectivity index is 2.36. The van der Waals surface area contributed by atoms with Crippen LogP contribution in [-0.2, 0) is 9.53 Å². The molecule has 1 heterocycles. The molecule has 1 rings (SSSR count). The summed E-state index contributed by atoms with van der Waals surface area (Å²) in [4.78, 5) is 16.4. The second-order valence-corrected chi connectivity index (χ2v) is 6.01. The summed E-state index contributed by atoms with van der Waals surface area (Å²) in [6.07, 6.45) is 0.832. The summed E-state index contributed by atoms with van der Waals surface area (Å²) in [5.41, 5.74) is -0.433. The molecule has 1 N–H and O–H groups in total. The SMILES string of the molecule is COCCCNC(=O)C(C)N1CCN(C(C)(C)C#N)CC1. The number of carbonyl (C=O) groups is 1. The number of piperazine rings is 1. The van der Waals surface area contributed by atoms with Gasteiger partial charge in [0.05, 0.1) is 12.1 Å². The quantitative estimate of drug-likeness (QED) is 0.691. The maximum absolute atomic E-state index is 12.1. The van der Waals surface area contributed by atoms with E-state index in [2.05, 4.69) is 21.2 Å². The summed E-state index contributed by atoms with van der Waals surface area (Å²) in [5.74, 6) is 0.0686. The molecule has 1 amide bonds. The van der Waals surface area contributed by atoms with Crippen LogP contribution in [0.15, 0.2) is 0 Å². The first-order valence-corrected chi connectivity index (χ1v) is 7.59. The fraction of sp³-hybridized carbons (Fsp3) is 0.867. The smallest absolute Gasteiger partial charge is 0.237 e. The lowest BCUT2D eigenvalue weighted by Gasteiger charge is -2.42. The molecule has 1 saturated heterocycles. The van der Waals surface area contributed by atoms with E-state index >= 15 is 0 Å². The number of amides is 1. The van der Waals surface area contributed by atoms with Crippen LogP contribution in [0.4, 0.5) is 0 Å². The summed E-state index contributed by atoms with van der Waals surface area (Å²) in [6.45, 7) is 10.4. The first-order valence-electron chi connectivity index (χ1n) is 7.59. The van der Waals surface area contributed by atoms with Crippen molar-refractivity contribution in [2.45, 2.75) is 38.8 Å². The highest BCUT2D eigenvalue weighted by molar-refractivity contribution is 5.81. The van der Waals surface area contributed by atoms with Gasteiger partial charge in [0.15, 0.2) is 0 Å². The number of nitriles is 1. The molecule has 0 aromatic rings. The van der Waals surface area contributed by atoms with Gasteiger partial charge in [-0.1, -0.05) is 0 Å². The molecule has 21 heavy (non-hydrogen) atoms. The lowest BCUT2D eigenvalue weighted by atomic mass is 10.0. The number of nitrogens with one attached hydrogen (secondary N) is 1. The second kappa shape index (κ2) is 8.32. The van der Waals surface area contributed by atoms with Gasteiger partial charge in [-0.2, -0.15) is 5.26 Å². The lowest BCUT2D eigenvalue weighted by molar-refractivity contribution is -0.126. The van der Waals surface area contributed by atoms with Crippen molar-refractivity contribution >= 4 is 5.91 Å². The molecular weight excluding hydrogens is 268 g/mol. The monoisotopic (exact) mass is 296 g/mol. The van der Waals surface area contributed by atoms with Gasteiger partial charge in [-0.25, -0.2) is 0 Å². The average Bonchev–Trinajstić information content (AvgIpc) is 2.50. The Bertz CT molecular complexity index is 370. The minimum atomic E-state index is -0.433. The maximum Gasteiger partial charge on any atom is 0.237 e. The topological polar surface area (TPSA) is 68.6 Å². The Morgan fingerprint density at radius 2 is 2.00 bits per heavy atom. The molecule has 0 spiro atoms. The number of hydrogen-bond donors (Lipinski definition) is 1. The minimum absolute atomic E-state index is 0.0686. The van der Waals surface area contributed by atoms with Crippen molar-refractivity contribution in [3.8, 4) is 6.07 Å². The largest absolute Gasteiger partial charge is 0.385 e. The van der Waals surface area contributed by atoms with Crippen LogP contribution < -0.4 is 5.32 Å². The highest BCUT2D eigenvalue weighted by Crippen LogP contribution is 2.17. The van der Waals surface area contributed by atoms with E-state index in [1.54, 1.807) is 7.11 Å². The van der Waals surface area contributed by atoms with E-state index in [4.69, 9.17) is 4.74 Å². The Hall–Kier alpha value is -1.16. The second-order valence-electron chi connectivity index (χ2n) is 6.01. The molecule has 1 fully saturated rings. The summed E-state index contributed by atoms with van der Waals surface area (Å²) in [6, 6.07) is 2.21. The van der Waals surface area contributed by atoms with Crippen molar-refractivity contribution in [3.63, 3.8) is 0 Å². The molecule has 6 nitrogen and oxygen atoms in total. The average molecular weight is 296 g/mol. The van der Waals surface area contributed by atoms with Gasteiger partial charge in [0.25, 0.3) is 0 Å². The van der Waals surface area contributed by atoms with Crippen LogP contribution in [0.1, 0.15) is 27.2 Å². The third-order valence-corrected chi connectivity index (χ3v) is 4.13. The van der Waals surface area contributed by atoms with Gasteiger partial charge in [0, 0.05) is 46.4 Å². The van der Waals surface area contributed by atoms with E-state index in [-0.39, 0.29) is 11.9 Å². The van der Waals surface area contributed by atoms with Crippen molar-refractivity contribution in [1.29, 1.82) is 5.26 Å². The van der Waals surface area contributed by atoms with Gasteiger partial charge in [-0.05, 0) is 27.2 Å². The van der Waals surface area contributed by atoms with Crippen LogP contribution in [0.2, 0.25) is 0 Å². The van der Waals surface area contributed by atoms with E-state index in [0.717, 1.165) is 32.6 Å². The van der Waals surface area contributed by atoms with Gasteiger partial charge >= 0.3 is 0 Å². The van der Waals surface area contributed by atoms with Crippen molar-refractivity contribution in [2.24, 2.45) is 0 Å². The van der Waals surface area contributed by atoms with Gasteiger partial charge in [0.1, 0.15) is 5.54 Å². The van der Waals surface area contributed by atoms with Crippen molar-refractivity contribution in [3.05, 3.63) is 0 Å². The normalized spacial score (nSPS) is 19.0. The lowest BCUT2D eigenvalue weighted by Crippen LogP contribution is -2.58. The van der Waals surface area contributed by atoms with Gasteiger partial charge in [0.2, 0.25) is 5.91 Å². The first-order chi connectivity index (χ1) is 9.92. The zero-order chi connectivity index (χ0) is 15.9. The highest BCUT2D eigenvalue weighted by atomic mass is 16.5. The Kier molecular flexibility index (Phi) is 7.09. The van der Waals surface area contributed by atoms with E-state index in [0.29, 0.717) is 13.2 Å². The molecule has 1 unspecified atom stereocenters. The molecule has 1 aliphatic heterocycles. The van der Waals surface area contributed by atoms with Gasteiger partial charge in [-0.15, -0.1) is 0 Å². The van der Waals surface area contributed by atoms with Gasteiger partial charge in [-0.3, -0.25) is 14.6 Å². The summed E-state index contributed by atoms with van der Waals surface area (Å²) in [7, 11) is 1.66. The molecule has 0 aromatic carbocycles. The fourth-order valence-electron chi connectivity index (χ4n) is 2.48. The van der Waals surface area contributed by atoms with Crippen molar-refractivity contribution in [1.82, 2.24) is 15.1 Å². The summed E-state index contributed by atoms with van der Waals surface area (Å²) >= 11 is 0. The standard InChI is InChI=1S/C15H28N4O2/c1-13(14(20)17-6-5-11-21-4)18-7-9-19(10-8-18)15(2,3)12-16/h13H,5-11H2,1-4H3,(H,17,20). The van der Waals surface area contributed by atoms with Crippen LogP contribution >= 0.6 is 0 Å². The number of hydrogen-bond acceptors (Lipinski definition) is 5. The number of ether oxygens (including phenoxy) is 1. The number of carbonyl (C=O) groups excluding carboxylic acids is 1. The Labute approximate surface area is 128 Å².